The van der Waals surface area contributed by atoms with Gasteiger partial charge in [0, 0.05) is 31.9 Å². The van der Waals surface area contributed by atoms with Crippen molar-refractivity contribution in [3.8, 4) is 0 Å². The van der Waals surface area contributed by atoms with Crippen molar-refractivity contribution < 1.29 is 22.4 Å². The van der Waals surface area contributed by atoms with Gasteiger partial charge in [0.25, 0.3) is 0 Å². The number of nitrogens with one attached hydrogen (secondary N) is 1. The van der Waals surface area contributed by atoms with E-state index < -0.39 is 23.6 Å². The van der Waals surface area contributed by atoms with Crippen molar-refractivity contribution in [2.45, 2.75) is 19.1 Å². The molecule has 1 N–H and O–H groups in total. The molecule has 2 heterocycles. The molecule has 0 spiro atoms. The lowest BCUT2D eigenvalue weighted by Gasteiger charge is -2.40. The maximum atomic E-state index is 14.0. The fraction of sp³-hybridized carbons (Fsp3) is 0.333. The van der Waals surface area contributed by atoms with Crippen molar-refractivity contribution >= 4 is 29.1 Å². The van der Waals surface area contributed by atoms with Crippen LogP contribution in [0.1, 0.15) is 12.5 Å². The van der Waals surface area contributed by atoms with Gasteiger partial charge in [0.1, 0.15) is 11.6 Å². The second kappa shape index (κ2) is 7.83. The van der Waals surface area contributed by atoms with E-state index in [2.05, 4.69) is 10.3 Å². The van der Waals surface area contributed by atoms with Gasteiger partial charge in [-0.1, -0.05) is 11.6 Å². The summed E-state index contributed by atoms with van der Waals surface area (Å²) in [6.07, 6.45) is -3.03. The molecular weight excluding hydrogens is 400 g/mol. The van der Waals surface area contributed by atoms with E-state index in [1.807, 2.05) is 11.8 Å². The Bertz CT molecular complexity index is 877. The van der Waals surface area contributed by atoms with E-state index >= 15 is 0 Å². The highest BCUT2D eigenvalue weighted by Gasteiger charge is 2.32. The Hall–Kier alpha value is -2.55. The number of anilines is 2. The van der Waals surface area contributed by atoms with Crippen molar-refractivity contribution in [3.63, 3.8) is 0 Å². The molecule has 1 atom stereocenters. The Morgan fingerprint density at radius 2 is 2.04 bits per heavy atom. The van der Waals surface area contributed by atoms with Gasteiger partial charge in [0.2, 0.25) is 0 Å². The minimum absolute atomic E-state index is 0.246. The number of benzene rings is 1. The SMILES string of the molecule is C[C@H]1CN(c2ncccc2Cl)CCN1C(=O)Nc1ccc(C(F)(F)F)cc1F. The predicted molar refractivity (Wildman–Crippen MR) is 98.0 cm³/mol. The monoisotopic (exact) mass is 416 g/mol. The summed E-state index contributed by atoms with van der Waals surface area (Å²) >= 11 is 6.15. The van der Waals surface area contributed by atoms with Crippen molar-refractivity contribution in [1.29, 1.82) is 0 Å². The van der Waals surface area contributed by atoms with E-state index in [1.165, 1.54) is 4.90 Å². The van der Waals surface area contributed by atoms with E-state index in [-0.39, 0.29) is 11.7 Å². The first-order valence-electron chi connectivity index (χ1n) is 8.46. The van der Waals surface area contributed by atoms with Crippen LogP contribution in [0.2, 0.25) is 5.02 Å². The summed E-state index contributed by atoms with van der Waals surface area (Å²) in [5.41, 5.74) is -1.42. The number of urea groups is 1. The Morgan fingerprint density at radius 3 is 2.64 bits per heavy atom. The second-order valence-corrected chi connectivity index (χ2v) is 6.83. The van der Waals surface area contributed by atoms with Gasteiger partial charge < -0.3 is 15.1 Å². The van der Waals surface area contributed by atoms with Gasteiger partial charge >= 0.3 is 12.2 Å². The zero-order chi connectivity index (χ0) is 20.5. The molecule has 1 aromatic carbocycles. The van der Waals surface area contributed by atoms with Crippen molar-refractivity contribution in [1.82, 2.24) is 9.88 Å². The topological polar surface area (TPSA) is 48.5 Å². The summed E-state index contributed by atoms with van der Waals surface area (Å²) in [6, 6.07) is 4.61. The molecule has 2 amide bonds. The smallest absolute Gasteiger partial charge is 0.352 e. The number of halogens is 5. The summed E-state index contributed by atoms with van der Waals surface area (Å²) in [5.74, 6) is -0.528. The standard InChI is InChI=1S/C18H17ClF4N4O/c1-11-10-26(16-13(19)3-2-6-24-16)7-8-27(11)17(28)25-15-5-4-12(9-14(15)20)18(21,22)23/h2-6,9,11H,7-8,10H2,1H3,(H,25,28)/t11-/m0/s1. The number of carbonyl (C=O) groups is 1. The minimum Gasteiger partial charge on any atom is -0.352 e. The molecule has 5 nitrogen and oxygen atoms in total. The number of piperazine rings is 1. The van der Waals surface area contributed by atoms with E-state index in [0.29, 0.717) is 36.5 Å². The lowest BCUT2D eigenvalue weighted by Crippen LogP contribution is -2.55. The quantitative estimate of drug-likeness (QED) is 0.726. The number of pyridine rings is 1. The van der Waals surface area contributed by atoms with Crippen LogP contribution in [0.25, 0.3) is 0 Å². The maximum Gasteiger partial charge on any atom is 0.416 e. The minimum atomic E-state index is -4.65. The zero-order valence-corrected chi connectivity index (χ0v) is 15.6. The number of aromatic nitrogens is 1. The van der Waals surface area contributed by atoms with Gasteiger partial charge in [0.05, 0.1) is 16.3 Å². The van der Waals surface area contributed by atoms with Crippen LogP contribution in [-0.4, -0.2) is 41.6 Å². The van der Waals surface area contributed by atoms with Gasteiger partial charge in [0.15, 0.2) is 0 Å². The van der Waals surface area contributed by atoms with Crippen LogP contribution in [0.15, 0.2) is 36.5 Å². The molecule has 1 aliphatic heterocycles. The molecule has 10 heteroatoms. The first-order chi connectivity index (χ1) is 13.2. The van der Waals surface area contributed by atoms with Gasteiger partial charge in [-0.05, 0) is 37.3 Å². The first kappa shape index (κ1) is 20.2. The third-order valence-electron chi connectivity index (χ3n) is 4.46. The summed E-state index contributed by atoms with van der Waals surface area (Å²) < 4.78 is 51.9. The molecule has 1 aliphatic rings. The summed E-state index contributed by atoms with van der Waals surface area (Å²) in [5, 5.41) is 2.84. The molecular formula is C18H17ClF4N4O. The maximum absolute atomic E-state index is 14.0. The van der Waals surface area contributed by atoms with Gasteiger partial charge in [-0.25, -0.2) is 14.2 Å². The fourth-order valence-corrected chi connectivity index (χ4v) is 3.28. The fourth-order valence-electron chi connectivity index (χ4n) is 3.04. The summed E-state index contributed by atoms with van der Waals surface area (Å²) in [7, 11) is 0. The third-order valence-corrected chi connectivity index (χ3v) is 4.76. The van der Waals surface area contributed by atoms with Gasteiger partial charge in [-0.15, -0.1) is 0 Å². The van der Waals surface area contributed by atoms with Gasteiger partial charge in [-0.2, -0.15) is 13.2 Å². The molecule has 2 aromatic rings. The second-order valence-electron chi connectivity index (χ2n) is 6.42. The average molecular weight is 417 g/mol. The molecule has 150 valence electrons. The summed E-state index contributed by atoms with van der Waals surface area (Å²) in [6.45, 7) is 3.05. The number of rotatable bonds is 2. The van der Waals surface area contributed by atoms with Crippen LogP contribution in [0.4, 0.5) is 33.9 Å². The summed E-state index contributed by atoms with van der Waals surface area (Å²) in [4.78, 5) is 20.2. The van der Waals surface area contributed by atoms with E-state index in [0.717, 1.165) is 12.1 Å². The number of carbonyl (C=O) groups excluding carboxylic acids is 1. The molecule has 1 aromatic heterocycles. The van der Waals surface area contributed by atoms with E-state index in [1.54, 1.807) is 18.3 Å². The number of hydrogen-bond acceptors (Lipinski definition) is 3. The Balaban J connectivity index is 1.67. The zero-order valence-electron chi connectivity index (χ0n) is 14.8. The molecule has 1 fully saturated rings. The van der Waals surface area contributed by atoms with E-state index in [9.17, 15) is 22.4 Å². The highest BCUT2D eigenvalue weighted by atomic mass is 35.5. The van der Waals surface area contributed by atoms with Gasteiger partial charge in [-0.3, -0.25) is 0 Å². The molecule has 3 rings (SSSR count). The van der Waals surface area contributed by atoms with Crippen molar-refractivity contribution in [2.24, 2.45) is 0 Å². The molecule has 0 aliphatic carbocycles. The Labute approximate surface area is 163 Å². The van der Waals surface area contributed by atoms with Crippen LogP contribution in [-0.2, 0) is 6.18 Å². The Morgan fingerprint density at radius 1 is 1.29 bits per heavy atom. The molecule has 0 saturated carbocycles. The molecule has 28 heavy (non-hydrogen) atoms. The number of alkyl halides is 3. The normalized spacial score (nSPS) is 17.6. The average Bonchev–Trinajstić information content (AvgIpc) is 2.62. The van der Waals surface area contributed by atoms with Crippen LogP contribution >= 0.6 is 11.6 Å². The van der Waals surface area contributed by atoms with Crippen molar-refractivity contribution in [3.05, 3.63) is 52.9 Å². The lowest BCUT2D eigenvalue weighted by molar-refractivity contribution is -0.137. The van der Waals surface area contributed by atoms with Crippen LogP contribution in [0, 0.1) is 5.82 Å². The van der Waals surface area contributed by atoms with Crippen LogP contribution in [0.3, 0.4) is 0 Å². The number of nitrogens with zero attached hydrogens (tertiary/aromatic N) is 3. The number of hydrogen-bond donors (Lipinski definition) is 1. The van der Waals surface area contributed by atoms with E-state index in [4.69, 9.17) is 11.6 Å². The van der Waals surface area contributed by atoms with Crippen molar-refractivity contribution in [2.75, 3.05) is 29.9 Å². The highest BCUT2D eigenvalue weighted by molar-refractivity contribution is 6.32. The predicted octanol–water partition coefficient (Wildman–Crippen LogP) is 4.64. The highest BCUT2D eigenvalue weighted by Crippen LogP contribution is 2.31. The lowest BCUT2D eigenvalue weighted by atomic mass is 10.2. The molecule has 1 saturated heterocycles. The first-order valence-corrected chi connectivity index (χ1v) is 8.84. The Kier molecular flexibility index (Phi) is 5.64. The largest absolute Gasteiger partial charge is 0.416 e. The molecule has 0 radical (unpaired) electrons. The number of amides is 2. The third kappa shape index (κ3) is 4.30. The molecule has 0 unspecified atom stereocenters. The van der Waals surface area contributed by atoms with Crippen LogP contribution < -0.4 is 10.2 Å². The van der Waals surface area contributed by atoms with Crippen LogP contribution in [0.5, 0.6) is 0 Å². The molecule has 0 bridgehead atoms.